The highest BCUT2D eigenvalue weighted by atomic mass is 16.6. The molecule has 0 unspecified atom stereocenters. The van der Waals surface area contributed by atoms with Crippen LogP contribution in [0.15, 0.2) is 18.2 Å². The van der Waals surface area contributed by atoms with Crippen molar-refractivity contribution < 1.29 is 14.4 Å². The van der Waals surface area contributed by atoms with Crippen molar-refractivity contribution >= 4 is 5.69 Å². The van der Waals surface area contributed by atoms with Gasteiger partial charge in [-0.25, -0.2) is 0 Å². The molecule has 0 bridgehead atoms. The van der Waals surface area contributed by atoms with E-state index in [1.165, 1.54) is 12.1 Å². The zero-order chi connectivity index (χ0) is 14.1. The standard InChI is InChI=1S/C13H20N2O4/c1-3-5-14-6-7-19-13-9-11(15(16)17)8-12(10-13)18-4-2/h8-10,14H,3-7H2,1-2H3. The lowest BCUT2D eigenvalue weighted by molar-refractivity contribution is -0.385. The third-order valence-corrected chi connectivity index (χ3v) is 2.36. The third-order valence-electron chi connectivity index (χ3n) is 2.36. The Hall–Kier alpha value is -1.82. The highest BCUT2D eigenvalue weighted by molar-refractivity contribution is 5.46. The van der Waals surface area contributed by atoms with E-state index < -0.39 is 4.92 Å². The Kier molecular flexibility index (Phi) is 6.67. The molecule has 0 atom stereocenters. The molecule has 1 aromatic rings. The Morgan fingerprint density at radius 3 is 2.42 bits per heavy atom. The van der Waals surface area contributed by atoms with E-state index >= 15 is 0 Å². The van der Waals surface area contributed by atoms with Crippen LogP contribution < -0.4 is 14.8 Å². The van der Waals surface area contributed by atoms with Gasteiger partial charge in [0, 0.05) is 12.6 Å². The summed E-state index contributed by atoms with van der Waals surface area (Å²) in [6.45, 7) is 6.48. The van der Waals surface area contributed by atoms with Crippen LogP contribution in [0.1, 0.15) is 20.3 Å². The van der Waals surface area contributed by atoms with Crippen molar-refractivity contribution in [3.8, 4) is 11.5 Å². The molecule has 106 valence electrons. The zero-order valence-electron chi connectivity index (χ0n) is 11.3. The first-order chi connectivity index (χ1) is 9.17. The lowest BCUT2D eigenvalue weighted by Crippen LogP contribution is -2.21. The smallest absolute Gasteiger partial charge is 0.276 e. The monoisotopic (exact) mass is 268 g/mol. The molecule has 19 heavy (non-hydrogen) atoms. The maximum absolute atomic E-state index is 10.8. The number of hydrogen-bond acceptors (Lipinski definition) is 5. The summed E-state index contributed by atoms with van der Waals surface area (Å²) in [4.78, 5) is 10.4. The van der Waals surface area contributed by atoms with Crippen LogP contribution in [0.2, 0.25) is 0 Å². The van der Waals surface area contributed by atoms with E-state index in [0.717, 1.165) is 13.0 Å². The van der Waals surface area contributed by atoms with Crippen LogP contribution in [0, 0.1) is 10.1 Å². The summed E-state index contributed by atoms with van der Waals surface area (Å²) in [6, 6.07) is 4.46. The topological polar surface area (TPSA) is 73.6 Å². The molecule has 6 nitrogen and oxygen atoms in total. The summed E-state index contributed by atoms with van der Waals surface area (Å²) in [5, 5.41) is 14.0. The number of nitrogens with one attached hydrogen (secondary N) is 1. The lowest BCUT2D eigenvalue weighted by Gasteiger charge is -2.09. The molecule has 0 spiro atoms. The van der Waals surface area contributed by atoms with Gasteiger partial charge in [-0.2, -0.15) is 0 Å². The van der Waals surface area contributed by atoms with Crippen LogP contribution in [0.5, 0.6) is 11.5 Å². The minimum Gasteiger partial charge on any atom is -0.493 e. The zero-order valence-corrected chi connectivity index (χ0v) is 11.3. The number of hydrogen-bond donors (Lipinski definition) is 1. The van der Waals surface area contributed by atoms with Crippen molar-refractivity contribution in [3.05, 3.63) is 28.3 Å². The molecule has 0 aromatic heterocycles. The van der Waals surface area contributed by atoms with Crippen molar-refractivity contribution in [2.75, 3.05) is 26.3 Å². The fourth-order valence-corrected chi connectivity index (χ4v) is 1.54. The fourth-order valence-electron chi connectivity index (χ4n) is 1.54. The molecule has 0 saturated carbocycles. The molecule has 0 aliphatic heterocycles. The van der Waals surface area contributed by atoms with E-state index in [4.69, 9.17) is 9.47 Å². The summed E-state index contributed by atoms with van der Waals surface area (Å²) in [5.74, 6) is 0.907. The van der Waals surface area contributed by atoms with E-state index in [1.807, 2.05) is 6.92 Å². The molecule has 1 aromatic carbocycles. The second-order valence-electron chi connectivity index (χ2n) is 3.95. The predicted molar refractivity (Wildman–Crippen MR) is 72.9 cm³/mol. The molecule has 6 heteroatoms. The molecule has 0 aliphatic rings. The average molecular weight is 268 g/mol. The van der Waals surface area contributed by atoms with Crippen molar-refractivity contribution in [2.24, 2.45) is 0 Å². The Bertz CT molecular complexity index is 410. The van der Waals surface area contributed by atoms with Gasteiger partial charge in [0.2, 0.25) is 0 Å². The highest BCUT2D eigenvalue weighted by Gasteiger charge is 2.11. The van der Waals surface area contributed by atoms with E-state index in [2.05, 4.69) is 12.2 Å². The average Bonchev–Trinajstić information content (AvgIpc) is 2.38. The van der Waals surface area contributed by atoms with Crippen molar-refractivity contribution in [1.82, 2.24) is 5.32 Å². The molecule has 1 rings (SSSR count). The van der Waals surface area contributed by atoms with Gasteiger partial charge in [0.25, 0.3) is 5.69 Å². The molecular formula is C13H20N2O4. The molecule has 0 fully saturated rings. The van der Waals surface area contributed by atoms with Crippen LogP contribution in [0.4, 0.5) is 5.69 Å². The maximum atomic E-state index is 10.8. The van der Waals surface area contributed by atoms with Crippen LogP contribution in [-0.4, -0.2) is 31.2 Å². The molecular weight excluding hydrogens is 248 g/mol. The van der Waals surface area contributed by atoms with E-state index in [0.29, 0.717) is 31.3 Å². The van der Waals surface area contributed by atoms with Crippen LogP contribution in [0.25, 0.3) is 0 Å². The molecule has 0 heterocycles. The Labute approximate surface area is 112 Å². The quantitative estimate of drug-likeness (QED) is 0.423. The molecule has 0 amide bonds. The first-order valence-electron chi connectivity index (χ1n) is 6.43. The third kappa shape index (κ3) is 5.56. The Balaban J connectivity index is 2.62. The van der Waals surface area contributed by atoms with E-state index in [9.17, 15) is 10.1 Å². The summed E-state index contributed by atoms with van der Waals surface area (Å²) in [5.41, 5.74) is -0.0255. The summed E-state index contributed by atoms with van der Waals surface area (Å²) in [6.07, 6.45) is 1.06. The Morgan fingerprint density at radius 1 is 1.16 bits per heavy atom. The molecule has 0 radical (unpaired) electrons. The van der Waals surface area contributed by atoms with Gasteiger partial charge in [-0.3, -0.25) is 10.1 Å². The number of nitrogens with zero attached hydrogens (tertiary/aromatic N) is 1. The molecule has 1 N–H and O–H groups in total. The molecule has 0 saturated heterocycles. The second kappa shape index (κ2) is 8.31. The van der Waals surface area contributed by atoms with Gasteiger partial charge < -0.3 is 14.8 Å². The number of non-ortho nitro benzene ring substituents is 1. The number of rotatable bonds is 9. The van der Waals surface area contributed by atoms with Gasteiger partial charge in [-0.15, -0.1) is 0 Å². The number of benzene rings is 1. The number of ether oxygens (including phenoxy) is 2. The highest BCUT2D eigenvalue weighted by Crippen LogP contribution is 2.27. The van der Waals surface area contributed by atoms with Crippen LogP contribution >= 0.6 is 0 Å². The molecule has 0 aliphatic carbocycles. The van der Waals surface area contributed by atoms with Crippen molar-refractivity contribution in [3.63, 3.8) is 0 Å². The van der Waals surface area contributed by atoms with Crippen molar-refractivity contribution in [1.29, 1.82) is 0 Å². The SMILES string of the molecule is CCCNCCOc1cc(OCC)cc([N+](=O)[O-])c1. The van der Waals surface area contributed by atoms with Gasteiger partial charge >= 0.3 is 0 Å². The first-order valence-corrected chi connectivity index (χ1v) is 6.43. The van der Waals surface area contributed by atoms with Gasteiger partial charge in [-0.1, -0.05) is 6.92 Å². The normalized spacial score (nSPS) is 10.2. The Morgan fingerprint density at radius 2 is 1.84 bits per heavy atom. The van der Waals surface area contributed by atoms with Gasteiger partial charge in [0.05, 0.1) is 23.7 Å². The minimum atomic E-state index is -0.454. The largest absolute Gasteiger partial charge is 0.493 e. The first kappa shape index (κ1) is 15.2. The van der Waals surface area contributed by atoms with Crippen LogP contribution in [0.3, 0.4) is 0 Å². The number of nitro groups is 1. The summed E-state index contributed by atoms with van der Waals surface area (Å²) in [7, 11) is 0. The number of nitro benzene ring substituents is 1. The maximum Gasteiger partial charge on any atom is 0.276 e. The van der Waals surface area contributed by atoms with Crippen LogP contribution in [-0.2, 0) is 0 Å². The van der Waals surface area contributed by atoms with E-state index in [1.54, 1.807) is 6.07 Å². The van der Waals surface area contributed by atoms with E-state index in [-0.39, 0.29) is 5.69 Å². The van der Waals surface area contributed by atoms with Gasteiger partial charge in [0.1, 0.15) is 18.1 Å². The van der Waals surface area contributed by atoms with Crippen molar-refractivity contribution in [2.45, 2.75) is 20.3 Å². The summed E-state index contributed by atoms with van der Waals surface area (Å²) >= 11 is 0. The van der Waals surface area contributed by atoms with Gasteiger partial charge in [0.15, 0.2) is 0 Å². The minimum absolute atomic E-state index is 0.0255. The second-order valence-corrected chi connectivity index (χ2v) is 3.95. The fraction of sp³-hybridized carbons (Fsp3) is 0.538. The summed E-state index contributed by atoms with van der Waals surface area (Å²) < 4.78 is 10.8. The lowest BCUT2D eigenvalue weighted by atomic mass is 10.3. The van der Waals surface area contributed by atoms with Gasteiger partial charge in [-0.05, 0) is 19.9 Å². The predicted octanol–water partition coefficient (Wildman–Crippen LogP) is 2.37.